The first-order valence-corrected chi connectivity index (χ1v) is 12.7. The number of benzene rings is 2. The molecule has 0 bridgehead atoms. The zero-order valence-electron chi connectivity index (χ0n) is 19.1. The van der Waals surface area contributed by atoms with Crippen molar-refractivity contribution in [3.05, 3.63) is 58.1 Å². The Hall–Kier alpha value is -1.50. The summed E-state index contributed by atoms with van der Waals surface area (Å²) in [7, 11) is 0. The molecule has 0 radical (unpaired) electrons. The van der Waals surface area contributed by atoms with Crippen molar-refractivity contribution in [3.8, 4) is 11.5 Å². The molecule has 2 fully saturated rings. The molecule has 1 N–H and O–H groups in total. The van der Waals surface area contributed by atoms with E-state index in [1.165, 1.54) is 31.5 Å². The van der Waals surface area contributed by atoms with Crippen LogP contribution >= 0.6 is 23.2 Å². The lowest BCUT2D eigenvalue weighted by atomic mass is 9.96. The van der Waals surface area contributed by atoms with Crippen LogP contribution in [0.5, 0.6) is 11.5 Å². The van der Waals surface area contributed by atoms with Gasteiger partial charge in [-0.25, -0.2) is 0 Å². The van der Waals surface area contributed by atoms with E-state index in [0.717, 1.165) is 45.0 Å². The van der Waals surface area contributed by atoms with Gasteiger partial charge < -0.3 is 14.6 Å². The maximum absolute atomic E-state index is 11.1. The molecule has 0 saturated carbocycles. The molecule has 2 heterocycles. The van der Waals surface area contributed by atoms with Gasteiger partial charge in [0.15, 0.2) is 0 Å². The van der Waals surface area contributed by atoms with E-state index in [2.05, 4.69) is 34.1 Å². The van der Waals surface area contributed by atoms with Crippen LogP contribution in [0.4, 0.5) is 0 Å². The quantitative estimate of drug-likeness (QED) is 0.516. The highest BCUT2D eigenvalue weighted by molar-refractivity contribution is 6.42. The van der Waals surface area contributed by atoms with Gasteiger partial charge in [-0.1, -0.05) is 35.3 Å². The smallest absolute Gasteiger partial charge is 0.121 e. The monoisotopic (exact) mass is 492 g/mol. The molecule has 2 aliphatic rings. The van der Waals surface area contributed by atoms with Gasteiger partial charge in [0.05, 0.1) is 15.6 Å². The van der Waals surface area contributed by atoms with E-state index in [4.69, 9.17) is 32.7 Å². The minimum absolute atomic E-state index is 0.252. The van der Waals surface area contributed by atoms with Gasteiger partial charge in [0.25, 0.3) is 0 Å². The third kappa shape index (κ3) is 7.49. The fraction of sp³-hybridized carbons (Fsp3) is 0.538. The number of hydrogen-bond acceptors (Lipinski definition) is 5. The van der Waals surface area contributed by atoms with Gasteiger partial charge in [0, 0.05) is 25.7 Å². The molecule has 4 rings (SSSR count). The van der Waals surface area contributed by atoms with Crippen LogP contribution in [0.3, 0.4) is 0 Å². The number of halogens is 2. The first-order valence-electron chi connectivity index (χ1n) is 12.0. The van der Waals surface area contributed by atoms with E-state index < -0.39 is 5.60 Å². The first kappa shape index (κ1) is 24.6. The van der Waals surface area contributed by atoms with Crippen molar-refractivity contribution in [1.82, 2.24) is 9.80 Å². The van der Waals surface area contributed by atoms with Crippen molar-refractivity contribution in [1.29, 1.82) is 0 Å². The van der Waals surface area contributed by atoms with E-state index in [-0.39, 0.29) is 6.61 Å². The number of hydrogen-bond donors (Lipinski definition) is 1. The first-order chi connectivity index (χ1) is 16.0. The normalized spacial score (nSPS) is 22.3. The zero-order chi connectivity index (χ0) is 23.1. The summed E-state index contributed by atoms with van der Waals surface area (Å²) in [5, 5.41) is 12.0. The van der Waals surface area contributed by atoms with Gasteiger partial charge in [-0.3, -0.25) is 9.80 Å². The molecule has 0 spiro atoms. The minimum Gasteiger partial charge on any atom is -0.492 e. The van der Waals surface area contributed by atoms with Gasteiger partial charge >= 0.3 is 0 Å². The Morgan fingerprint density at radius 2 is 1.52 bits per heavy atom. The summed E-state index contributed by atoms with van der Waals surface area (Å²) >= 11 is 12.0. The number of rotatable bonds is 9. The third-order valence-electron chi connectivity index (χ3n) is 6.61. The second-order valence-electron chi connectivity index (χ2n) is 9.26. The molecule has 0 unspecified atom stereocenters. The van der Waals surface area contributed by atoms with Gasteiger partial charge in [-0.05, 0) is 81.6 Å². The van der Waals surface area contributed by atoms with E-state index in [1.54, 1.807) is 18.2 Å². The Balaban J connectivity index is 1.21. The van der Waals surface area contributed by atoms with Crippen LogP contribution in [0.2, 0.25) is 10.0 Å². The molecule has 2 saturated heterocycles. The number of aliphatic hydroxyl groups is 1. The number of nitrogens with zero attached hydrogens (tertiary/aromatic N) is 2. The van der Waals surface area contributed by atoms with Gasteiger partial charge in [-0.15, -0.1) is 0 Å². The van der Waals surface area contributed by atoms with Crippen LogP contribution in [-0.4, -0.2) is 66.4 Å². The van der Waals surface area contributed by atoms with Crippen molar-refractivity contribution < 1.29 is 14.6 Å². The van der Waals surface area contributed by atoms with Gasteiger partial charge in [0.1, 0.15) is 24.7 Å². The third-order valence-corrected chi connectivity index (χ3v) is 7.35. The maximum Gasteiger partial charge on any atom is 0.121 e. The highest BCUT2D eigenvalue weighted by Gasteiger charge is 2.31. The molecule has 2 aromatic rings. The van der Waals surface area contributed by atoms with Crippen molar-refractivity contribution >= 4 is 23.2 Å². The molecule has 0 aliphatic carbocycles. The number of likely N-dealkylation sites (tertiary alicyclic amines) is 2. The summed E-state index contributed by atoms with van der Waals surface area (Å²) in [5.41, 5.74) is 0.424. The summed E-state index contributed by atoms with van der Waals surface area (Å²) < 4.78 is 11.8. The second kappa shape index (κ2) is 11.8. The largest absolute Gasteiger partial charge is 0.492 e. The molecule has 2 aromatic carbocycles. The van der Waals surface area contributed by atoms with Crippen LogP contribution < -0.4 is 9.47 Å². The van der Waals surface area contributed by atoms with Crippen molar-refractivity contribution in [2.45, 2.75) is 44.2 Å². The molecule has 180 valence electrons. The van der Waals surface area contributed by atoms with Crippen LogP contribution in [0.15, 0.2) is 42.5 Å². The highest BCUT2D eigenvalue weighted by atomic mass is 35.5. The van der Waals surface area contributed by atoms with Crippen molar-refractivity contribution in [2.75, 3.05) is 45.9 Å². The SMILES string of the molecule is O[C@]1(COc2ccc(Cl)c(Cl)c2)CCCN(Cc2ccc(OCCN3CCCC3)cc2)CC1. The minimum atomic E-state index is -0.839. The lowest BCUT2D eigenvalue weighted by molar-refractivity contribution is -0.0168. The lowest BCUT2D eigenvalue weighted by Crippen LogP contribution is -2.37. The molecule has 5 nitrogen and oxygen atoms in total. The summed E-state index contributed by atoms with van der Waals surface area (Å²) in [6.45, 7) is 7.07. The predicted molar refractivity (Wildman–Crippen MR) is 134 cm³/mol. The Morgan fingerprint density at radius 1 is 0.788 bits per heavy atom. The summed E-state index contributed by atoms with van der Waals surface area (Å²) in [5.74, 6) is 1.56. The predicted octanol–water partition coefficient (Wildman–Crippen LogP) is 5.26. The van der Waals surface area contributed by atoms with Crippen LogP contribution in [0.1, 0.15) is 37.7 Å². The number of ether oxygens (including phenoxy) is 2. The second-order valence-corrected chi connectivity index (χ2v) is 10.1. The van der Waals surface area contributed by atoms with E-state index in [0.29, 0.717) is 28.6 Å². The maximum atomic E-state index is 11.1. The Bertz CT molecular complexity index is 890. The molecule has 0 amide bonds. The fourth-order valence-electron chi connectivity index (χ4n) is 4.57. The molecule has 2 aliphatic heterocycles. The topological polar surface area (TPSA) is 45.2 Å². The molecule has 33 heavy (non-hydrogen) atoms. The zero-order valence-corrected chi connectivity index (χ0v) is 20.7. The van der Waals surface area contributed by atoms with Crippen LogP contribution in [0, 0.1) is 0 Å². The molecular weight excluding hydrogens is 459 g/mol. The van der Waals surface area contributed by atoms with Crippen LogP contribution in [0.25, 0.3) is 0 Å². The molecular formula is C26H34Cl2N2O3. The fourth-order valence-corrected chi connectivity index (χ4v) is 4.86. The van der Waals surface area contributed by atoms with E-state index in [1.807, 2.05) is 0 Å². The van der Waals surface area contributed by atoms with E-state index >= 15 is 0 Å². The summed E-state index contributed by atoms with van der Waals surface area (Å²) in [6.07, 6.45) is 4.94. The highest BCUT2D eigenvalue weighted by Crippen LogP contribution is 2.29. The Morgan fingerprint density at radius 3 is 2.27 bits per heavy atom. The lowest BCUT2D eigenvalue weighted by Gasteiger charge is -2.27. The average Bonchev–Trinajstić information content (AvgIpc) is 3.26. The summed E-state index contributed by atoms with van der Waals surface area (Å²) in [6, 6.07) is 13.6. The molecule has 1 atom stereocenters. The Kier molecular flexibility index (Phi) is 8.78. The van der Waals surface area contributed by atoms with Gasteiger partial charge in [-0.2, -0.15) is 0 Å². The Labute approximate surface area is 207 Å². The van der Waals surface area contributed by atoms with Crippen LogP contribution in [-0.2, 0) is 6.54 Å². The summed E-state index contributed by atoms with van der Waals surface area (Å²) in [4.78, 5) is 4.87. The standard InChI is InChI=1S/C26H34Cl2N2O3/c27-24-9-8-23(18-25(24)28)33-20-26(31)10-3-14-30(15-11-26)19-21-4-6-22(7-5-21)32-17-16-29-12-1-2-13-29/h4-9,18,31H,1-3,10-17,19-20H2/t26-/m1/s1. The average molecular weight is 493 g/mol. The van der Waals surface area contributed by atoms with Crippen molar-refractivity contribution in [3.63, 3.8) is 0 Å². The van der Waals surface area contributed by atoms with E-state index in [9.17, 15) is 5.11 Å². The van der Waals surface area contributed by atoms with Crippen molar-refractivity contribution in [2.24, 2.45) is 0 Å². The molecule has 0 aromatic heterocycles. The van der Waals surface area contributed by atoms with Gasteiger partial charge in [0.2, 0.25) is 0 Å². The molecule has 7 heteroatoms.